The molecule has 0 radical (unpaired) electrons. The molecule has 0 saturated carbocycles. The van der Waals surface area contributed by atoms with Crippen molar-refractivity contribution in [3.05, 3.63) is 0 Å². The Morgan fingerprint density at radius 2 is 2.15 bits per heavy atom. The molecule has 0 aromatic rings. The molecule has 0 aromatic carbocycles. The average molecular weight is 231 g/mol. The maximum atomic E-state index is 7.16. The molecule has 1 atom stereocenters. The van der Waals surface area contributed by atoms with E-state index in [4.69, 9.17) is 21.6 Å². The second-order valence-electron chi connectivity index (χ2n) is 2.56. The van der Waals surface area contributed by atoms with Gasteiger partial charge >= 0.3 is 0 Å². The Morgan fingerprint density at radius 1 is 1.54 bits per heavy atom. The highest BCUT2D eigenvalue weighted by molar-refractivity contribution is 5.85. The molecule has 0 amide bonds. The van der Waals surface area contributed by atoms with Crippen molar-refractivity contribution in [1.82, 2.24) is 4.90 Å². The van der Waals surface area contributed by atoms with E-state index < -0.39 is 0 Å². The van der Waals surface area contributed by atoms with Gasteiger partial charge in [0, 0.05) is 19.6 Å². The molecule has 13 heavy (non-hydrogen) atoms. The zero-order chi connectivity index (χ0) is 8.27. The van der Waals surface area contributed by atoms with Crippen molar-refractivity contribution in [2.75, 3.05) is 26.2 Å². The fraction of sp³-hybridized carbons (Fsp3) is 0.833. The molecule has 1 aliphatic heterocycles. The minimum absolute atomic E-state index is 0. The summed E-state index contributed by atoms with van der Waals surface area (Å²) in [6.45, 7) is 2.45. The van der Waals surface area contributed by atoms with Crippen LogP contribution in [-0.4, -0.2) is 43.2 Å². The van der Waals surface area contributed by atoms with E-state index in [9.17, 15) is 0 Å². The summed E-state index contributed by atoms with van der Waals surface area (Å²) in [5, 5.41) is 7.16. The van der Waals surface area contributed by atoms with E-state index in [1.807, 2.05) is 0 Å². The van der Waals surface area contributed by atoms with E-state index in [2.05, 4.69) is 0 Å². The first-order chi connectivity index (χ1) is 5.24. The molecule has 1 heterocycles. The third-order valence-electron chi connectivity index (χ3n) is 1.74. The second kappa shape index (κ2) is 7.20. The summed E-state index contributed by atoms with van der Waals surface area (Å²) in [7, 11) is 0. The molecule has 0 spiro atoms. The molecular formula is C6H16Cl2N4O. The maximum absolute atomic E-state index is 7.16. The quantitative estimate of drug-likeness (QED) is 0.414. The molecule has 1 aliphatic rings. The van der Waals surface area contributed by atoms with E-state index >= 15 is 0 Å². The molecule has 0 bridgehead atoms. The van der Waals surface area contributed by atoms with Crippen LogP contribution in [0.5, 0.6) is 0 Å². The highest BCUT2D eigenvalue weighted by atomic mass is 35.5. The van der Waals surface area contributed by atoms with Gasteiger partial charge in [0.2, 0.25) is 0 Å². The van der Waals surface area contributed by atoms with Crippen molar-refractivity contribution >= 4 is 30.8 Å². The van der Waals surface area contributed by atoms with Crippen LogP contribution in [0, 0.1) is 5.41 Å². The van der Waals surface area contributed by atoms with Crippen LogP contribution in [0.25, 0.3) is 0 Å². The summed E-state index contributed by atoms with van der Waals surface area (Å²) in [6.07, 6.45) is 0.0349. The lowest BCUT2D eigenvalue weighted by Gasteiger charge is -2.32. The van der Waals surface area contributed by atoms with Gasteiger partial charge in [0.25, 0.3) is 0 Å². The largest absolute Gasteiger partial charge is 0.373 e. The summed E-state index contributed by atoms with van der Waals surface area (Å²) < 4.78 is 5.29. The number of hydrogen-bond acceptors (Lipinski definition) is 3. The first kappa shape index (κ1) is 15.3. The number of nitrogens with zero attached hydrogens (tertiary/aromatic N) is 1. The molecular weight excluding hydrogens is 215 g/mol. The van der Waals surface area contributed by atoms with Crippen LogP contribution in [0.4, 0.5) is 0 Å². The Labute approximate surface area is 90.1 Å². The summed E-state index contributed by atoms with van der Waals surface area (Å²) in [5.74, 6) is 0.103. The van der Waals surface area contributed by atoms with Gasteiger partial charge in [-0.15, -0.1) is 24.8 Å². The number of halogens is 2. The van der Waals surface area contributed by atoms with E-state index in [-0.39, 0.29) is 36.9 Å². The van der Waals surface area contributed by atoms with Crippen molar-refractivity contribution in [3.63, 3.8) is 0 Å². The molecule has 1 saturated heterocycles. The molecule has 7 heteroatoms. The Morgan fingerprint density at radius 3 is 2.62 bits per heavy atom. The zero-order valence-electron chi connectivity index (χ0n) is 7.23. The third kappa shape index (κ3) is 4.52. The number of rotatable bonds is 1. The monoisotopic (exact) mass is 230 g/mol. The highest BCUT2D eigenvalue weighted by Crippen LogP contribution is 2.02. The Bertz CT molecular complexity index is 158. The number of nitrogens with two attached hydrogens (primary N) is 2. The van der Waals surface area contributed by atoms with E-state index in [0.717, 1.165) is 0 Å². The normalized spacial score (nSPS) is 21.3. The summed E-state index contributed by atoms with van der Waals surface area (Å²) in [5.41, 5.74) is 10.7. The van der Waals surface area contributed by atoms with Crippen molar-refractivity contribution < 1.29 is 4.74 Å². The maximum Gasteiger partial charge on any atom is 0.188 e. The second-order valence-corrected chi connectivity index (χ2v) is 2.56. The van der Waals surface area contributed by atoms with Gasteiger partial charge in [-0.05, 0) is 0 Å². The SMILES string of the molecule is Cl.Cl.N=C(N)N1CCOC(CN)C1. The minimum atomic E-state index is 0. The Kier molecular flexibility index (Phi) is 8.45. The van der Waals surface area contributed by atoms with Crippen LogP contribution in [0.2, 0.25) is 0 Å². The molecule has 0 aliphatic carbocycles. The van der Waals surface area contributed by atoms with Crippen molar-refractivity contribution in [2.45, 2.75) is 6.10 Å². The van der Waals surface area contributed by atoms with Crippen molar-refractivity contribution in [1.29, 1.82) is 5.41 Å². The summed E-state index contributed by atoms with van der Waals surface area (Å²) in [6, 6.07) is 0. The van der Waals surface area contributed by atoms with Crippen LogP contribution in [0.1, 0.15) is 0 Å². The van der Waals surface area contributed by atoms with Crippen LogP contribution in [0.3, 0.4) is 0 Å². The first-order valence-corrected chi connectivity index (χ1v) is 3.64. The lowest BCUT2D eigenvalue weighted by atomic mass is 10.3. The van der Waals surface area contributed by atoms with Crippen LogP contribution in [0.15, 0.2) is 0 Å². The van der Waals surface area contributed by atoms with Gasteiger partial charge in [0.15, 0.2) is 5.96 Å². The summed E-state index contributed by atoms with van der Waals surface area (Å²) >= 11 is 0. The molecule has 1 fully saturated rings. The number of morpholine rings is 1. The molecule has 0 aromatic heterocycles. The predicted molar refractivity (Wildman–Crippen MR) is 56.8 cm³/mol. The van der Waals surface area contributed by atoms with Gasteiger partial charge in [-0.3, -0.25) is 5.41 Å². The van der Waals surface area contributed by atoms with Crippen LogP contribution < -0.4 is 11.5 Å². The standard InChI is InChI=1S/C6H14N4O.2ClH/c7-3-5-4-10(6(8)9)1-2-11-5;;/h5H,1-4,7H2,(H3,8,9);2*1H. The number of ether oxygens (including phenoxy) is 1. The lowest BCUT2D eigenvalue weighted by Crippen LogP contribution is -2.50. The zero-order valence-corrected chi connectivity index (χ0v) is 8.87. The van der Waals surface area contributed by atoms with Gasteiger partial charge in [0.05, 0.1) is 12.7 Å². The van der Waals surface area contributed by atoms with Gasteiger partial charge in [-0.1, -0.05) is 0 Å². The molecule has 1 unspecified atom stereocenters. The molecule has 1 rings (SSSR count). The topological polar surface area (TPSA) is 88.4 Å². The van der Waals surface area contributed by atoms with Gasteiger partial charge in [-0.25, -0.2) is 0 Å². The molecule has 5 nitrogen and oxygen atoms in total. The predicted octanol–water partition coefficient (Wildman–Crippen LogP) is -0.617. The third-order valence-corrected chi connectivity index (χ3v) is 1.74. The Balaban J connectivity index is 0. The average Bonchev–Trinajstić information content (AvgIpc) is 2.05. The van der Waals surface area contributed by atoms with Crippen molar-refractivity contribution in [3.8, 4) is 0 Å². The first-order valence-electron chi connectivity index (χ1n) is 3.64. The smallest absolute Gasteiger partial charge is 0.188 e. The van der Waals surface area contributed by atoms with Gasteiger partial charge < -0.3 is 21.1 Å². The van der Waals surface area contributed by atoms with Gasteiger partial charge in [0.1, 0.15) is 0 Å². The lowest BCUT2D eigenvalue weighted by molar-refractivity contribution is -0.000436. The van der Waals surface area contributed by atoms with E-state index in [0.29, 0.717) is 26.2 Å². The number of guanidine groups is 1. The fourth-order valence-corrected chi connectivity index (χ4v) is 1.08. The van der Waals surface area contributed by atoms with Crippen LogP contribution >= 0.6 is 24.8 Å². The summed E-state index contributed by atoms with van der Waals surface area (Å²) in [4.78, 5) is 1.76. The fourth-order valence-electron chi connectivity index (χ4n) is 1.08. The Hall–Kier alpha value is -0.230. The van der Waals surface area contributed by atoms with Crippen LogP contribution in [-0.2, 0) is 4.74 Å². The number of hydrogen-bond donors (Lipinski definition) is 3. The number of nitrogens with one attached hydrogen (secondary N) is 1. The highest BCUT2D eigenvalue weighted by Gasteiger charge is 2.19. The van der Waals surface area contributed by atoms with E-state index in [1.165, 1.54) is 0 Å². The molecule has 5 N–H and O–H groups in total. The van der Waals surface area contributed by atoms with Gasteiger partial charge in [-0.2, -0.15) is 0 Å². The molecule has 80 valence electrons. The minimum Gasteiger partial charge on any atom is -0.373 e. The van der Waals surface area contributed by atoms with E-state index in [1.54, 1.807) is 4.90 Å². The van der Waals surface area contributed by atoms with Crippen molar-refractivity contribution in [2.24, 2.45) is 11.5 Å².